The van der Waals surface area contributed by atoms with Gasteiger partial charge < -0.3 is 19.7 Å². The molecule has 6 nitrogen and oxygen atoms in total. The predicted octanol–water partition coefficient (Wildman–Crippen LogP) is 6.20. The lowest BCUT2D eigenvalue weighted by molar-refractivity contribution is -0.137. The number of benzene rings is 2. The molecule has 1 atom stereocenters. The van der Waals surface area contributed by atoms with Crippen LogP contribution in [0.1, 0.15) is 16.0 Å². The van der Waals surface area contributed by atoms with E-state index in [1.165, 1.54) is 0 Å². The Morgan fingerprint density at radius 2 is 1.26 bits per heavy atom. The van der Waals surface area contributed by atoms with Gasteiger partial charge in [0.1, 0.15) is 16.3 Å². The molecule has 0 aliphatic rings. The van der Waals surface area contributed by atoms with E-state index in [9.17, 15) is 9.59 Å². The van der Waals surface area contributed by atoms with Crippen molar-refractivity contribution in [1.82, 2.24) is 0 Å². The first-order valence-electron chi connectivity index (χ1n) is 7.98. The Balaban J connectivity index is 0. The van der Waals surface area contributed by atoms with Gasteiger partial charge in [-0.05, 0) is 35.4 Å². The molecule has 0 heterocycles. The van der Waals surface area contributed by atoms with Gasteiger partial charge in [-0.1, -0.05) is 86.6 Å². The zero-order valence-corrected chi connectivity index (χ0v) is 21.9. The second kappa shape index (κ2) is 16.6. The standard InChI is InChI=1S/C9H9BrO3.C9H10O3.CCl4.H2S/c1-13-7-4-2-6(3-5-7)8(10)9(11)12;1-12-8-4-2-7(3-5-8)6-9(10)11;2-1(3,4)5;/h2-5,8H,1H3,(H,11,12);2-5H,6H2,1H3,(H,10,11);;1H2. The van der Waals surface area contributed by atoms with Crippen LogP contribution in [0.2, 0.25) is 0 Å². The Morgan fingerprint density at radius 1 is 0.903 bits per heavy atom. The van der Waals surface area contributed by atoms with Crippen molar-refractivity contribution in [2.24, 2.45) is 0 Å². The first-order chi connectivity index (χ1) is 13.9. The van der Waals surface area contributed by atoms with Crippen molar-refractivity contribution in [3.05, 3.63) is 59.7 Å². The SMILES string of the molecule is COc1ccc(C(Br)C(=O)O)cc1.COc1ccc(CC(=O)O)cc1.ClC(Cl)(Cl)Cl.S. The summed E-state index contributed by atoms with van der Waals surface area (Å²) in [6.07, 6.45) is 0.0595. The molecule has 1 unspecified atom stereocenters. The van der Waals surface area contributed by atoms with E-state index >= 15 is 0 Å². The summed E-state index contributed by atoms with van der Waals surface area (Å²) < 4.78 is 8.26. The lowest BCUT2D eigenvalue weighted by atomic mass is 10.1. The third-order valence-corrected chi connectivity index (χ3v) is 4.06. The molecule has 174 valence electrons. The van der Waals surface area contributed by atoms with E-state index in [0.29, 0.717) is 11.3 Å². The van der Waals surface area contributed by atoms with Gasteiger partial charge in [0.05, 0.1) is 20.6 Å². The molecule has 0 saturated carbocycles. The third-order valence-electron chi connectivity index (χ3n) is 3.14. The van der Waals surface area contributed by atoms with Crippen molar-refractivity contribution < 1.29 is 29.3 Å². The van der Waals surface area contributed by atoms with Crippen molar-refractivity contribution in [1.29, 1.82) is 0 Å². The fraction of sp³-hybridized carbons (Fsp3) is 0.263. The highest BCUT2D eigenvalue weighted by molar-refractivity contribution is 9.09. The lowest BCUT2D eigenvalue weighted by Crippen LogP contribution is -2.03. The van der Waals surface area contributed by atoms with Crippen LogP contribution in [0.5, 0.6) is 11.5 Å². The van der Waals surface area contributed by atoms with Crippen LogP contribution in [-0.4, -0.2) is 39.6 Å². The van der Waals surface area contributed by atoms with Crippen LogP contribution in [0, 0.1) is 0 Å². The molecular weight excluding hydrogens is 578 g/mol. The molecule has 0 fully saturated rings. The molecule has 0 aromatic heterocycles. The van der Waals surface area contributed by atoms with Gasteiger partial charge in [-0.15, -0.1) is 0 Å². The smallest absolute Gasteiger partial charge is 0.321 e. The summed E-state index contributed by atoms with van der Waals surface area (Å²) in [5, 5.41) is 17.1. The van der Waals surface area contributed by atoms with E-state index in [2.05, 4.69) is 15.9 Å². The van der Waals surface area contributed by atoms with Gasteiger partial charge in [-0.3, -0.25) is 9.59 Å². The maximum absolute atomic E-state index is 10.6. The molecular formula is C19H21BrCl4O6S. The Hall–Kier alpha value is -1.03. The minimum atomic E-state index is -1.61. The predicted molar refractivity (Wildman–Crippen MR) is 133 cm³/mol. The Kier molecular flexibility index (Phi) is 17.2. The Bertz CT molecular complexity index is 779. The number of hydrogen-bond acceptors (Lipinski definition) is 4. The summed E-state index contributed by atoms with van der Waals surface area (Å²) in [4.78, 5) is 20.2. The third kappa shape index (κ3) is 17.2. The fourth-order valence-corrected chi connectivity index (χ4v) is 2.14. The van der Waals surface area contributed by atoms with Gasteiger partial charge in [0.2, 0.25) is 0 Å². The van der Waals surface area contributed by atoms with Gasteiger partial charge in [0, 0.05) is 0 Å². The van der Waals surface area contributed by atoms with E-state index in [4.69, 9.17) is 66.1 Å². The number of rotatable bonds is 6. The second-order valence-electron chi connectivity index (χ2n) is 5.32. The average molecular weight is 599 g/mol. The van der Waals surface area contributed by atoms with Crippen LogP contribution in [0.4, 0.5) is 0 Å². The van der Waals surface area contributed by atoms with Gasteiger partial charge in [0.15, 0.2) is 0 Å². The molecule has 0 aliphatic heterocycles. The van der Waals surface area contributed by atoms with E-state index in [-0.39, 0.29) is 19.9 Å². The normalized spacial score (nSPS) is 10.7. The lowest BCUT2D eigenvalue weighted by Gasteiger charge is -2.05. The van der Waals surface area contributed by atoms with Crippen molar-refractivity contribution in [2.45, 2.75) is 14.5 Å². The second-order valence-corrected chi connectivity index (χ2v) is 9.67. The van der Waals surface area contributed by atoms with Crippen molar-refractivity contribution >= 4 is 87.8 Å². The number of alkyl halides is 5. The highest BCUT2D eigenvalue weighted by atomic mass is 79.9. The first kappa shape index (κ1) is 32.2. The van der Waals surface area contributed by atoms with Crippen LogP contribution in [0.3, 0.4) is 0 Å². The number of methoxy groups -OCH3 is 2. The van der Waals surface area contributed by atoms with Crippen molar-refractivity contribution in [3.8, 4) is 11.5 Å². The molecule has 0 saturated heterocycles. The van der Waals surface area contributed by atoms with E-state index < -0.39 is 20.0 Å². The van der Waals surface area contributed by atoms with E-state index in [1.54, 1.807) is 62.8 Å². The number of carbonyl (C=O) groups is 2. The number of aliphatic carboxylic acids is 2. The minimum Gasteiger partial charge on any atom is -0.497 e. The number of ether oxygens (including phenoxy) is 2. The number of hydrogen-bond donors (Lipinski definition) is 2. The van der Waals surface area contributed by atoms with Crippen LogP contribution >= 0.6 is 75.8 Å². The number of carboxylic acids is 2. The molecule has 31 heavy (non-hydrogen) atoms. The zero-order chi connectivity index (χ0) is 23.3. The highest BCUT2D eigenvalue weighted by Gasteiger charge is 2.15. The highest BCUT2D eigenvalue weighted by Crippen LogP contribution is 2.29. The van der Waals surface area contributed by atoms with Gasteiger partial charge >= 0.3 is 11.9 Å². The molecule has 2 aromatic carbocycles. The zero-order valence-electron chi connectivity index (χ0n) is 16.3. The maximum Gasteiger partial charge on any atom is 0.321 e. The fourth-order valence-electron chi connectivity index (χ4n) is 1.83. The van der Waals surface area contributed by atoms with Gasteiger partial charge in [0.25, 0.3) is 3.25 Å². The van der Waals surface area contributed by atoms with Crippen LogP contribution in [0.15, 0.2) is 48.5 Å². The summed E-state index contributed by atoms with van der Waals surface area (Å²) in [6, 6.07) is 13.9. The summed E-state index contributed by atoms with van der Waals surface area (Å²) >= 11 is 22.4. The molecule has 0 radical (unpaired) electrons. The minimum absolute atomic E-state index is 0. The topological polar surface area (TPSA) is 93.1 Å². The Morgan fingerprint density at radius 3 is 1.55 bits per heavy atom. The first-order valence-corrected chi connectivity index (χ1v) is 10.4. The van der Waals surface area contributed by atoms with Gasteiger partial charge in [-0.2, -0.15) is 13.5 Å². The maximum atomic E-state index is 10.6. The molecule has 0 bridgehead atoms. The Labute approximate surface area is 215 Å². The average Bonchev–Trinajstić information content (AvgIpc) is 2.67. The van der Waals surface area contributed by atoms with E-state index in [0.717, 1.165) is 11.3 Å². The molecule has 0 amide bonds. The van der Waals surface area contributed by atoms with Crippen molar-refractivity contribution in [3.63, 3.8) is 0 Å². The van der Waals surface area contributed by atoms with E-state index in [1.807, 2.05) is 0 Å². The molecule has 2 rings (SSSR count). The largest absolute Gasteiger partial charge is 0.497 e. The van der Waals surface area contributed by atoms with Crippen molar-refractivity contribution in [2.75, 3.05) is 14.2 Å². The van der Waals surface area contributed by atoms with Crippen LogP contribution in [0.25, 0.3) is 0 Å². The van der Waals surface area contributed by atoms with Gasteiger partial charge in [-0.25, -0.2) is 0 Å². The summed E-state index contributed by atoms with van der Waals surface area (Å²) in [6.45, 7) is 0. The summed E-state index contributed by atoms with van der Waals surface area (Å²) in [5.74, 6) is -0.261. The molecule has 2 aromatic rings. The number of halogens is 5. The molecule has 0 aliphatic carbocycles. The molecule has 12 heteroatoms. The monoisotopic (exact) mass is 596 g/mol. The molecule has 0 spiro atoms. The van der Waals surface area contributed by atoms with Crippen LogP contribution in [-0.2, 0) is 16.0 Å². The summed E-state index contributed by atoms with van der Waals surface area (Å²) in [5.41, 5.74) is 1.48. The quantitative estimate of drug-likeness (QED) is 0.384. The van der Waals surface area contributed by atoms with Crippen LogP contribution < -0.4 is 9.47 Å². The number of carboxylic acid groups (broad SMARTS) is 2. The molecule has 2 N–H and O–H groups in total. The summed E-state index contributed by atoms with van der Waals surface area (Å²) in [7, 11) is 3.14.